The van der Waals surface area contributed by atoms with Crippen LogP contribution in [0.25, 0.3) is 6.08 Å². The molecular weight excluding hydrogens is 377 g/mol. The van der Waals surface area contributed by atoms with Gasteiger partial charge in [0, 0.05) is 5.56 Å². The maximum absolute atomic E-state index is 13.1. The van der Waals surface area contributed by atoms with E-state index in [9.17, 15) is 14.0 Å². The van der Waals surface area contributed by atoms with Crippen molar-refractivity contribution in [3.05, 3.63) is 69.4 Å². The number of amides is 2. The summed E-state index contributed by atoms with van der Waals surface area (Å²) in [6, 6.07) is 9.93. The van der Waals surface area contributed by atoms with Crippen molar-refractivity contribution in [2.24, 2.45) is 0 Å². The molecule has 1 aliphatic heterocycles. The molecule has 0 bridgehead atoms. The molecule has 1 saturated heterocycles. The van der Waals surface area contributed by atoms with Crippen LogP contribution < -0.4 is 4.74 Å². The van der Waals surface area contributed by atoms with Crippen molar-refractivity contribution in [1.29, 1.82) is 0 Å². The first kappa shape index (κ1) is 18.7. The van der Waals surface area contributed by atoms with Crippen LogP contribution in [0.5, 0.6) is 5.75 Å². The minimum atomic E-state index is -0.349. The van der Waals surface area contributed by atoms with E-state index in [4.69, 9.17) is 4.74 Å². The Balaban J connectivity index is 1.61. The Kier molecular flexibility index (Phi) is 5.22. The monoisotopic (exact) mass is 397 g/mol. The first-order valence-corrected chi connectivity index (χ1v) is 10.1. The molecule has 4 rings (SSSR count). The number of imide groups is 1. The number of carbonyl (C=O) groups is 2. The van der Waals surface area contributed by atoms with Crippen LogP contribution in [-0.4, -0.2) is 22.7 Å². The predicted octanol–water partition coefficient (Wildman–Crippen LogP) is 4.95. The molecule has 1 heterocycles. The second kappa shape index (κ2) is 7.80. The molecule has 2 aliphatic rings. The molecule has 2 aromatic rings. The molecule has 1 fully saturated rings. The molecule has 0 N–H and O–H groups in total. The van der Waals surface area contributed by atoms with Crippen molar-refractivity contribution in [2.75, 3.05) is 6.61 Å². The van der Waals surface area contributed by atoms with E-state index in [1.165, 1.54) is 28.2 Å². The Bertz CT molecular complexity index is 968. The Morgan fingerprint density at radius 3 is 2.57 bits per heavy atom. The van der Waals surface area contributed by atoms with E-state index in [0.717, 1.165) is 42.3 Å². The van der Waals surface area contributed by atoms with Crippen LogP contribution in [0, 0.1) is 5.82 Å². The first-order valence-electron chi connectivity index (χ1n) is 9.33. The number of hydrogen-bond acceptors (Lipinski definition) is 4. The molecule has 0 unspecified atom stereocenters. The smallest absolute Gasteiger partial charge is 0.293 e. The third-order valence-electron chi connectivity index (χ3n) is 4.94. The van der Waals surface area contributed by atoms with Crippen LogP contribution in [0.4, 0.5) is 9.18 Å². The molecule has 144 valence electrons. The van der Waals surface area contributed by atoms with Gasteiger partial charge in [-0.15, -0.1) is 0 Å². The van der Waals surface area contributed by atoms with Gasteiger partial charge in [-0.2, -0.15) is 0 Å². The Hall–Kier alpha value is -2.60. The summed E-state index contributed by atoms with van der Waals surface area (Å²) in [5, 5.41) is -0.320. The molecule has 0 aromatic heterocycles. The van der Waals surface area contributed by atoms with Gasteiger partial charge in [0.2, 0.25) is 0 Å². The second-order valence-electron chi connectivity index (χ2n) is 6.84. The second-order valence-corrected chi connectivity index (χ2v) is 7.83. The molecule has 28 heavy (non-hydrogen) atoms. The van der Waals surface area contributed by atoms with E-state index in [0.29, 0.717) is 17.1 Å². The quantitative estimate of drug-likeness (QED) is 0.670. The molecule has 0 saturated carbocycles. The number of rotatable bonds is 5. The maximum atomic E-state index is 13.1. The van der Waals surface area contributed by atoms with E-state index in [1.54, 1.807) is 18.2 Å². The Labute approximate surface area is 167 Å². The summed E-state index contributed by atoms with van der Waals surface area (Å²) < 4.78 is 18.8. The van der Waals surface area contributed by atoms with Crippen LogP contribution >= 0.6 is 11.8 Å². The number of fused-ring (bicyclic) bond motifs is 1. The standard InChI is InChI=1S/C22H20FNO3S/c1-2-27-19-11-16-5-3-4-15(16)10-17(19)12-20-21(25)24(22(26)28-20)13-14-6-8-18(23)9-7-14/h6-12H,2-5,13H2,1H3/b20-12+. The summed E-state index contributed by atoms with van der Waals surface area (Å²) in [7, 11) is 0. The van der Waals surface area contributed by atoms with E-state index >= 15 is 0 Å². The minimum Gasteiger partial charge on any atom is -0.493 e. The van der Waals surface area contributed by atoms with Gasteiger partial charge in [-0.05, 0) is 85.0 Å². The molecule has 4 nitrogen and oxygen atoms in total. The molecule has 6 heteroatoms. The van der Waals surface area contributed by atoms with Gasteiger partial charge in [-0.1, -0.05) is 12.1 Å². The van der Waals surface area contributed by atoms with Crippen molar-refractivity contribution in [3.63, 3.8) is 0 Å². The van der Waals surface area contributed by atoms with E-state index in [1.807, 2.05) is 6.92 Å². The third kappa shape index (κ3) is 3.69. The lowest BCUT2D eigenvalue weighted by Gasteiger charge is -2.13. The average Bonchev–Trinajstić information content (AvgIpc) is 3.23. The van der Waals surface area contributed by atoms with Gasteiger partial charge in [0.25, 0.3) is 11.1 Å². The summed E-state index contributed by atoms with van der Waals surface area (Å²) in [5.41, 5.74) is 4.11. The number of aryl methyl sites for hydroxylation is 2. The summed E-state index contributed by atoms with van der Waals surface area (Å²) in [6.45, 7) is 2.59. The van der Waals surface area contributed by atoms with Crippen LogP contribution in [-0.2, 0) is 24.2 Å². The fraction of sp³-hybridized carbons (Fsp3) is 0.273. The van der Waals surface area contributed by atoms with Crippen molar-refractivity contribution in [3.8, 4) is 5.75 Å². The summed E-state index contributed by atoms with van der Waals surface area (Å²) >= 11 is 0.928. The zero-order chi connectivity index (χ0) is 19.7. The molecular formula is C22H20FNO3S. The van der Waals surface area contributed by atoms with Crippen molar-refractivity contribution >= 4 is 29.0 Å². The number of ether oxygens (including phenoxy) is 1. The normalized spacial score (nSPS) is 17.5. The molecule has 0 radical (unpaired) electrons. The van der Waals surface area contributed by atoms with Crippen LogP contribution in [0.3, 0.4) is 0 Å². The van der Waals surface area contributed by atoms with Gasteiger partial charge < -0.3 is 4.74 Å². The van der Waals surface area contributed by atoms with Crippen LogP contribution in [0.2, 0.25) is 0 Å². The zero-order valence-electron chi connectivity index (χ0n) is 15.5. The van der Waals surface area contributed by atoms with Gasteiger partial charge in [0.1, 0.15) is 11.6 Å². The summed E-state index contributed by atoms with van der Waals surface area (Å²) in [6.07, 6.45) is 4.94. The Morgan fingerprint density at radius 2 is 1.86 bits per heavy atom. The number of nitrogens with zero attached hydrogens (tertiary/aromatic N) is 1. The molecule has 2 aromatic carbocycles. The molecule has 2 amide bonds. The molecule has 1 aliphatic carbocycles. The summed E-state index contributed by atoms with van der Waals surface area (Å²) in [4.78, 5) is 26.7. The Morgan fingerprint density at radius 1 is 1.14 bits per heavy atom. The predicted molar refractivity (Wildman–Crippen MR) is 108 cm³/mol. The fourth-order valence-corrected chi connectivity index (χ4v) is 4.39. The van der Waals surface area contributed by atoms with Crippen molar-refractivity contribution < 1.29 is 18.7 Å². The fourth-order valence-electron chi connectivity index (χ4n) is 3.56. The highest BCUT2D eigenvalue weighted by atomic mass is 32.2. The maximum Gasteiger partial charge on any atom is 0.293 e. The first-order chi connectivity index (χ1) is 13.5. The van der Waals surface area contributed by atoms with Gasteiger partial charge in [0.15, 0.2) is 0 Å². The highest BCUT2D eigenvalue weighted by Crippen LogP contribution is 2.37. The summed E-state index contributed by atoms with van der Waals surface area (Å²) in [5.74, 6) is 0.0635. The van der Waals surface area contributed by atoms with Crippen molar-refractivity contribution in [1.82, 2.24) is 4.90 Å². The molecule has 0 spiro atoms. The third-order valence-corrected chi connectivity index (χ3v) is 5.85. The number of benzene rings is 2. The van der Waals surface area contributed by atoms with E-state index < -0.39 is 0 Å². The SMILES string of the molecule is CCOc1cc2c(cc1/C=C1/SC(=O)N(Cc3ccc(F)cc3)C1=O)CCC2. The van der Waals surface area contributed by atoms with Crippen LogP contribution in [0.1, 0.15) is 35.6 Å². The lowest BCUT2D eigenvalue weighted by Crippen LogP contribution is -2.27. The number of halogens is 1. The average molecular weight is 397 g/mol. The largest absolute Gasteiger partial charge is 0.493 e. The van der Waals surface area contributed by atoms with Gasteiger partial charge in [-0.3, -0.25) is 14.5 Å². The number of thioether (sulfide) groups is 1. The van der Waals surface area contributed by atoms with E-state index in [2.05, 4.69) is 12.1 Å². The van der Waals surface area contributed by atoms with Crippen LogP contribution in [0.15, 0.2) is 41.3 Å². The highest BCUT2D eigenvalue weighted by Gasteiger charge is 2.35. The van der Waals surface area contributed by atoms with Gasteiger partial charge >= 0.3 is 0 Å². The number of carbonyl (C=O) groups excluding carboxylic acids is 2. The van der Waals surface area contributed by atoms with E-state index in [-0.39, 0.29) is 23.5 Å². The number of hydrogen-bond donors (Lipinski definition) is 0. The highest BCUT2D eigenvalue weighted by molar-refractivity contribution is 8.18. The van der Waals surface area contributed by atoms with Crippen molar-refractivity contribution in [2.45, 2.75) is 32.7 Å². The topological polar surface area (TPSA) is 46.6 Å². The zero-order valence-corrected chi connectivity index (χ0v) is 16.4. The van der Waals surface area contributed by atoms with Gasteiger partial charge in [-0.25, -0.2) is 4.39 Å². The van der Waals surface area contributed by atoms with Gasteiger partial charge in [0.05, 0.1) is 18.1 Å². The molecule has 0 atom stereocenters. The lowest BCUT2D eigenvalue weighted by molar-refractivity contribution is -0.123. The lowest BCUT2D eigenvalue weighted by atomic mass is 10.0. The minimum absolute atomic E-state index is 0.130.